The van der Waals surface area contributed by atoms with Crippen LogP contribution in [0.15, 0.2) is 0 Å². The molecule has 1 aliphatic rings. The minimum absolute atomic E-state index is 0.271. The fourth-order valence-electron chi connectivity index (χ4n) is 2.79. The van der Waals surface area contributed by atoms with Gasteiger partial charge in [-0.15, -0.1) is 11.3 Å². The Hall–Kier alpha value is -1.14. The van der Waals surface area contributed by atoms with Gasteiger partial charge in [0.25, 0.3) is 0 Å². The highest BCUT2D eigenvalue weighted by molar-refractivity contribution is 7.80. The van der Waals surface area contributed by atoms with E-state index in [0.29, 0.717) is 16.7 Å². The van der Waals surface area contributed by atoms with Crippen LogP contribution in [0, 0.1) is 0 Å². The van der Waals surface area contributed by atoms with Gasteiger partial charge in [0.05, 0.1) is 12.7 Å². The third-order valence-corrected chi connectivity index (χ3v) is 5.54. The predicted molar refractivity (Wildman–Crippen MR) is 96.0 cm³/mol. The number of carbonyl (C=O) groups excluding carboxylic acids is 1. The maximum absolute atomic E-state index is 12.2. The molecule has 0 radical (unpaired) electrons. The van der Waals surface area contributed by atoms with Crippen LogP contribution in [-0.4, -0.2) is 24.2 Å². The van der Waals surface area contributed by atoms with E-state index in [-0.39, 0.29) is 5.97 Å². The van der Waals surface area contributed by atoms with Crippen LogP contribution >= 0.6 is 23.6 Å². The highest BCUT2D eigenvalue weighted by Crippen LogP contribution is 2.38. The Morgan fingerprint density at radius 2 is 2.00 bits per heavy atom. The molecule has 0 aliphatic heterocycles. The molecule has 122 valence electrons. The minimum Gasteiger partial charge on any atom is -0.465 e. The Balaban J connectivity index is 2.21. The summed E-state index contributed by atoms with van der Waals surface area (Å²) < 4.78 is 4.97. The molecule has 1 aromatic rings. The average Bonchev–Trinajstić information content (AvgIpc) is 2.89. The second-order valence-corrected chi connectivity index (χ2v) is 7.03. The van der Waals surface area contributed by atoms with E-state index in [1.54, 1.807) is 11.3 Å². The van der Waals surface area contributed by atoms with Gasteiger partial charge in [-0.3, -0.25) is 0 Å². The van der Waals surface area contributed by atoms with E-state index >= 15 is 0 Å². The summed E-state index contributed by atoms with van der Waals surface area (Å²) >= 11 is 7.04. The van der Waals surface area contributed by atoms with Crippen LogP contribution < -0.4 is 10.6 Å². The molecule has 0 atom stereocenters. The second-order valence-electron chi connectivity index (χ2n) is 5.52. The summed E-state index contributed by atoms with van der Waals surface area (Å²) in [5, 5.41) is 7.93. The number of hydrogen-bond acceptors (Lipinski definition) is 4. The average molecular weight is 341 g/mol. The van der Waals surface area contributed by atoms with Gasteiger partial charge in [0.1, 0.15) is 5.00 Å². The molecule has 0 amide bonds. The number of thiophene rings is 1. The number of ether oxygens (including phenoxy) is 1. The molecule has 1 aliphatic carbocycles. The topological polar surface area (TPSA) is 50.4 Å². The number of anilines is 1. The molecule has 1 aromatic heterocycles. The van der Waals surface area contributed by atoms with Crippen molar-refractivity contribution >= 4 is 39.6 Å². The third kappa shape index (κ3) is 3.79. The fraction of sp³-hybridized carbons (Fsp3) is 0.625. The van der Waals surface area contributed by atoms with Crippen molar-refractivity contribution in [3.63, 3.8) is 0 Å². The van der Waals surface area contributed by atoms with Gasteiger partial charge in [-0.05, 0) is 56.3 Å². The number of fused-ring (bicyclic) bond motifs is 1. The van der Waals surface area contributed by atoms with Crippen molar-refractivity contribution in [2.24, 2.45) is 0 Å². The standard InChI is InChI=1S/C16H24N2O2S2/c1-4-10(5-2)17-16(21)18-14-13(15(19)20-3)11-8-6-7-9-12(11)22-14/h10H,4-9H2,1-3H3,(H2,17,18,21). The number of nitrogens with one attached hydrogen (secondary N) is 2. The van der Waals surface area contributed by atoms with Crippen LogP contribution in [0.3, 0.4) is 0 Å². The van der Waals surface area contributed by atoms with Crippen LogP contribution in [0.4, 0.5) is 5.00 Å². The first-order valence-electron chi connectivity index (χ1n) is 7.91. The molecule has 0 spiro atoms. The van der Waals surface area contributed by atoms with Crippen molar-refractivity contribution in [1.82, 2.24) is 5.32 Å². The lowest BCUT2D eigenvalue weighted by atomic mass is 9.95. The van der Waals surface area contributed by atoms with Crippen LogP contribution in [-0.2, 0) is 17.6 Å². The van der Waals surface area contributed by atoms with E-state index in [0.717, 1.165) is 42.7 Å². The molecule has 2 N–H and O–H groups in total. The number of hydrogen-bond donors (Lipinski definition) is 2. The highest BCUT2D eigenvalue weighted by Gasteiger charge is 2.26. The Morgan fingerprint density at radius 3 is 2.64 bits per heavy atom. The largest absolute Gasteiger partial charge is 0.465 e. The summed E-state index contributed by atoms with van der Waals surface area (Å²) in [6.07, 6.45) is 6.34. The first kappa shape index (κ1) is 17.2. The Bertz CT molecular complexity index is 551. The molecular formula is C16H24N2O2S2. The van der Waals surface area contributed by atoms with Crippen molar-refractivity contribution in [2.45, 2.75) is 58.4 Å². The van der Waals surface area contributed by atoms with Crippen LogP contribution in [0.25, 0.3) is 0 Å². The van der Waals surface area contributed by atoms with E-state index in [1.165, 1.54) is 18.4 Å². The molecule has 0 bridgehead atoms. The van der Waals surface area contributed by atoms with Gasteiger partial charge in [-0.1, -0.05) is 13.8 Å². The SMILES string of the molecule is CCC(CC)NC(=S)Nc1sc2c(c1C(=O)OC)CCCC2. The van der Waals surface area contributed by atoms with E-state index in [1.807, 2.05) is 0 Å². The molecule has 0 saturated heterocycles. The zero-order valence-corrected chi connectivity index (χ0v) is 15.1. The Morgan fingerprint density at radius 1 is 1.32 bits per heavy atom. The monoisotopic (exact) mass is 340 g/mol. The van der Waals surface area contributed by atoms with Gasteiger partial charge in [-0.25, -0.2) is 4.79 Å². The van der Waals surface area contributed by atoms with Gasteiger partial charge in [0.15, 0.2) is 5.11 Å². The smallest absolute Gasteiger partial charge is 0.341 e. The van der Waals surface area contributed by atoms with E-state index < -0.39 is 0 Å². The van der Waals surface area contributed by atoms with Gasteiger partial charge in [0.2, 0.25) is 0 Å². The molecule has 0 aromatic carbocycles. The predicted octanol–water partition coefficient (Wildman–Crippen LogP) is 3.89. The fourth-order valence-corrected chi connectivity index (χ4v) is 4.40. The molecule has 2 rings (SSSR count). The zero-order valence-electron chi connectivity index (χ0n) is 13.5. The van der Waals surface area contributed by atoms with Crippen molar-refractivity contribution in [2.75, 3.05) is 12.4 Å². The number of thiocarbonyl (C=S) groups is 1. The van der Waals surface area contributed by atoms with Crippen molar-refractivity contribution in [3.05, 3.63) is 16.0 Å². The maximum Gasteiger partial charge on any atom is 0.341 e. The molecular weight excluding hydrogens is 316 g/mol. The van der Waals surface area contributed by atoms with E-state index in [2.05, 4.69) is 24.5 Å². The minimum atomic E-state index is -0.271. The second kappa shape index (κ2) is 7.92. The molecule has 4 nitrogen and oxygen atoms in total. The van der Waals surface area contributed by atoms with Crippen LogP contribution in [0.2, 0.25) is 0 Å². The lowest BCUT2D eigenvalue weighted by Crippen LogP contribution is -2.37. The number of esters is 1. The number of methoxy groups -OCH3 is 1. The van der Waals surface area contributed by atoms with Gasteiger partial charge < -0.3 is 15.4 Å². The summed E-state index contributed by atoms with van der Waals surface area (Å²) in [7, 11) is 1.43. The van der Waals surface area contributed by atoms with Gasteiger partial charge in [0, 0.05) is 10.9 Å². The summed E-state index contributed by atoms with van der Waals surface area (Å²) in [4.78, 5) is 13.5. The summed E-state index contributed by atoms with van der Waals surface area (Å²) in [5.41, 5.74) is 1.83. The Kier molecular flexibility index (Phi) is 6.20. The van der Waals surface area contributed by atoms with Crippen LogP contribution in [0.1, 0.15) is 60.3 Å². The first-order valence-corrected chi connectivity index (χ1v) is 9.13. The number of rotatable bonds is 5. The van der Waals surface area contributed by atoms with Gasteiger partial charge in [-0.2, -0.15) is 0 Å². The summed E-state index contributed by atoms with van der Waals surface area (Å²) in [5.74, 6) is -0.271. The lowest BCUT2D eigenvalue weighted by Gasteiger charge is -2.17. The zero-order chi connectivity index (χ0) is 16.1. The molecule has 6 heteroatoms. The molecule has 22 heavy (non-hydrogen) atoms. The van der Waals surface area contributed by atoms with E-state index in [4.69, 9.17) is 17.0 Å². The Labute approximate surface area is 141 Å². The van der Waals surface area contributed by atoms with Crippen molar-refractivity contribution in [3.8, 4) is 0 Å². The van der Waals surface area contributed by atoms with Crippen molar-refractivity contribution < 1.29 is 9.53 Å². The molecule has 0 fully saturated rings. The lowest BCUT2D eigenvalue weighted by molar-refractivity contribution is 0.0601. The van der Waals surface area contributed by atoms with Crippen molar-refractivity contribution in [1.29, 1.82) is 0 Å². The number of carbonyl (C=O) groups is 1. The molecule has 1 heterocycles. The van der Waals surface area contributed by atoms with E-state index in [9.17, 15) is 4.79 Å². The summed E-state index contributed by atoms with van der Waals surface area (Å²) in [6, 6.07) is 0.358. The summed E-state index contributed by atoms with van der Waals surface area (Å²) in [6.45, 7) is 4.26. The number of aryl methyl sites for hydroxylation is 1. The third-order valence-electron chi connectivity index (χ3n) is 4.11. The highest BCUT2D eigenvalue weighted by atomic mass is 32.1. The maximum atomic E-state index is 12.2. The molecule has 0 saturated carbocycles. The van der Waals surface area contributed by atoms with Crippen LogP contribution in [0.5, 0.6) is 0 Å². The normalized spacial score (nSPS) is 13.6. The quantitative estimate of drug-likeness (QED) is 0.629. The van der Waals surface area contributed by atoms with Gasteiger partial charge >= 0.3 is 5.97 Å². The first-order chi connectivity index (χ1) is 10.6. The molecule has 0 unspecified atom stereocenters.